The van der Waals surface area contributed by atoms with Crippen molar-refractivity contribution in [3.8, 4) is 0 Å². The standard InChI is InChI=1S/C28H43NO6/c1-16(4-11-26(34)35-29-24(32)9-10-25(29)33)20-7-8-21-19-6-5-17-14-18(30)12-13-27(17,2)22(19)15-23(31)28(20,21)3/h16-23,30-31H,4-15H2,1-3H3/t16-,17?,18-,19?,20-,21?,22?,23+,27+,28-/m1/s1. The Morgan fingerprint density at radius 3 is 2.46 bits per heavy atom. The predicted octanol–water partition coefficient (Wildman–Crippen LogP) is 4.00. The van der Waals surface area contributed by atoms with E-state index in [1.165, 1.54) is 12.8 Å². The average molecular weight is 490 g/mol. The van der Waals surface area contributed by atoms with Crippen LogP contribution in [0.3, 0.4) is 0 Å². The highest BCUT2D eigenvalue weighted by atomic mass is 16.7. The van der Waals surface area contributed by atoms with Gasteiger partial charge in [-0.25, -0.2) is 4.79 Å². The molecular formula is C28H43NO6. The maximum Gasteiger partial charge on any atom is 0.333 e. The van der Waals surface area contributed by atoms with Crippen LogP contribution in [0.1, 0.15) is 97.8 Å². The zero-order chi connectivity index (χ0) is 25.1. The van der Waals surface area contributed by atoms with E-state index in [1.807, 2.05) is 0 Å². The van der Waals surface area contributed by atoms with Crippen LogP contribution in [-0.2, 0) is 19.2 Å². The van der Waals surface area contributed by atoms with Crippen molar-refractivity contribution in [2.24, 2.45) is 46.3 Å². The van der Waals surface area contributed by atoms with Gasteiger partial charge in [-0.3, -0.25) is 9.59 Å². The second kappa shape index (κ2) is 9.13. The van der Waals surface area contributed by atoms with Crippen molar-refractivity contribution in [1.29, 1.82) is 0 Å². The van der Waals surface area contributed by atoms with Crippen LogP contribution in [0.15, 0.2) is 0 Å². The Morgan fingerprint density at radius 2 is 1.74 bits per heavy atom. The van der Waals surface area contributed by atoms with Crippen LogP contribution >= 0.6 is 0 Å². The molecular weight excluding hydrogens is 446 g/mol. The highest BCUT2D eigenvalue weighted by molar-refractivity contribution is 6.01. The third-order valence-corrected chi connectivity index (χ3v) is 11.5. The molecule has 1 aliphatic heterocycles. The lowest BCUT2D eigenvalue weighted by Gasteiger charge is -2.62. The van der Waals surface area contributed by atoms with Crippen molar-refractivity contribution in [1.82, 2.24) is 5.06 Å². The minimum atomic E-state index is -0.532. The quantitative estimate of drug-likeness (QED) is 0.566. The smallest absolute Gasteiger partial charge is 0.333 e. The van der Waals surface area contributed by atoms with E-state index in [-0.39, 0.29) is 48.2 Å². The van der Waals surface area contributed by atoms with Crippen molar-refractivity contribution in [3.63, 3.8) is 0 Å². The van der Waals surface area contributed by atoms with Crippen LogP contribution in [0.4, 0.5) is 0 Å². The van der Waals surface area contributed by atoms with Crippen molar-refractivity contribution >= 4 is 17.8 Å². The summed E-state index contributed by atoms with van der Waals surface area (Å²) in [7, 11) is 0. The molecule has 0 spiro atoms. The van der Waals surface area contributed by atoms with Gasteiger partial charge in [0, 0.05) is 19.3 Å². The maximum atomic E-state index is 12.4. The number of amides is 2. The molecule has 2 amide bonds. The Bertz CT molecular complexity index is 860. The monoisotopic (exact) mass is 489 g/mol. The number of nitrogens with zero attached hydrogens (tertiary/aromatic N) is 1. The number of hydrogen-bond acceptors (Lipinski definition) is 6. The lowest BCUT2D eigenvalue weighted by molar-refractivity contribution is -0.198. The van der Waals surface area contributed by atoms with E-state index >= 15 is 0 Å². The molecule has 4 unspecified atom stereocenters. The summed E-state index contributed by atoms with van der Waals surface area (Å²) in [6.45, 7) is 6.91. The predicted molar refractivity (Wildman–Crippen MR) is 128 cm³/mol. The molecule has 0 aromatic heterocycles. The molecule has 5 fully saturated rings. The topological polar surface area (TPSA) is 104 Å². The van der Waals surface area contributed by atoms with Gasteiger partial charge in [0.05, 0.1) is 12.2 Å². The molecule has 5 rings (SSSR count). The molecule has 0 radical (unpaired) electrons. The first-order chi connectivity index (χ1) is 16.6. The Hall–Kier alpha value is -1.47. The van der Waals surface area contributed by atoms with Gasteiger partial charge in [-0.2, -0.15) is 0 Å². The number of aliphatic hydroxyl groups excluding tert-OH is 2. The number of carbonyl (C=O) groups excluding carboxylic acids is 3. The van der Waals surface area contributed by atoms with Crippen molar-refractivity contribution in [3.05, 3.63) is 0 Å². The molecule has 35 heavy (non-hydrogen) atoms. The van der Waals surface area contributed by atoms with E-state index < -0.39 is 17.8 Å². The Kier molecular flexibility index (Phi) is 6.57. The van der Waals surface area contributed by atoms with Gasteiger partial charge < -0.3 is 15.1 Å². The fraction of sp³-hybridized carbons (Fsp3) is 0.893. The van der Waals surface area contributed by atoms with E-state index in [9.17, 15) is 24.6 Å². The summed E-state index contributed by atoms with van der Waals surface area (Å²) in [4.78, 5) is 40.9. The van der Waals surface area contributed by atoms with Crippen LogP contribution in [0.2, 0.25) is 0 Å². The minimum absolute atomic E-state index is 0.102. The molecule has 196 valence electrons. The summed E-state index contributed by atoms with van der Waals surface area (Å²) in [6, 6.07) is 0. The van der Waals surface area contributed by atoms with E-state index in [1.54, 1.807) is 0 Å². The molecule has 4 aliphatic carbocycles. The Balaban J connectivity index is 1.24. The third-order valence-electron chi connectivity index (χ3n) is 11.5. The number of hydroxylamine groups is 2. The van der Waals surface area contributed by atoms with Crippen LogP contribution in [0.5, 0.6) is 0 Å². The van der Waals surface area contributed by atoms with E-state index in [2.05, 4.69) is 20.8 Å². The highest BCUT2D eigenvalue weighted by Crippen LogP contribution is 2.68. The summed E-state index contributed by atoms with van der Waals surface area (Å²) in [6.07, 6.45) is 8.81. The van der Waals surface area contributed by atoms with Gasteiger partial charge in [0.1, 0.15) is 0 Å². The molecule has 0 aromatic rings. The van der Waals surface area contributed by atoms with E-state index in [4.69, 9.17) is 4.84 Å². The first kappa shape index (κ1) is 25.2. The molecule has 0 aromatic carbocycles. The fourth-order valence-electron chi connectivity index (χ4n) is 9.51. The van der Waals surface area contributed by atoms with Gasteiger partial charge in [0.15, 0.2) is 0 Å². The SMILES string of the molecule is C[C@H](CCC(=O)ON1C(=O)CCC1=O)[C@H]1CCC2C3CCC4C[C@H](O)CC[C@]4(C)C3C[C@H](O)[C@@]21C. The molecule has 1 saturated heterocycles. The fourth-order valence-corrected chi connectivity index (χ4v) is 9.51. The van der Waals surface area contributed by atoms with Crippen LogP contribution < -0.4 is 0 Å². The van der Waals surface area contributed by atoms with Crippen molar-refractivity contribution in [2.45, 2.75) is 110 Å². The van der Waals surface area contributed by atoms with Crippen LogP contribution in [-0.4, -0.2) is 45.3 Å². The number of hydrogen-bond donors (Lipinski definition) is 2. The normalized spacial score (nSPS) is 46.1. The molecule has 7 heteroatoms. The number of carbonyl (C=O) groups is 3. The minimum Gasteiger partial charge on any atom is -0.393 e. The lowest BCUT2D eigenvalue weighted by Crippen LogP contribution is -2.58. The van der Waals surface area contributed by atoms with Crippen LogP contribution in [0.25, 0.3) is 0 Å². The van der Waals surface area contributed by atoms with Gasteiger partial charge in [-0.15, -0.1) is 5.06 Å². The number of aliphatic hydroxyl groups is 2. The number of fused-ring (bicyclic) bond motifs is 5. The molecule has 10 atom stereocenters. The number of imide groups is 1. The van der Waals surface area contributed by atoms with Crippen molar-refractivity contribution < 1.29 is 29.4 Å². The summed E-state index contributed by atoms with van der Waals surface area (Å²) in [5.41, 5.74) is 0.0745. The first-order valence-electron chi connectivity index (χ1n) is 14.0. The molecule has 4 saturated carbocycles. The summed E-state index contributed by atoms with van der Waals surface area (Å²) in [5.74, 6) is 1.39. The lowest BCUT2D eigenvalue weighted by atomic mass is 9.43. The largest absolute Gasteiger partial charge is 0.393 e. The van der Waals surface area contributed by atoms with Gasteiger partial charge in [0.2, 0.25) is 0 Å². The van der Waals surface area contributed by atoms with Gasteiger partial charge in [-0.05, 0) is 104 Å². The summed E-state index contributed by atoms with van der Waals surface area (Å²) >= 11 is 0. The van der Waals surface area contributed by atoms with Crippen molar-refractivity contribution in [2.75, 3.05) is 0 Å². The third kappa shape index (κ3) is 4.05. The first-order valence-corrected chi connectivity index (χ1v) is 14.0. The molecule has 2 N–H and O–H groups in total. The highest BCUT2D eigenvalue weighted by Gasteiger charge is 2.63. The number of rotatable bonds is 5. The summed E-state index contributed by atoms with van der Waals surface area (Å²) < 4.78 is 0. The Labute approximate surface area is 208 Å². The molecule has 1 heterocycles. The maximum absolute atomic E-state index is 12.4. The van der Waals surface area contributed by atoms with E-state index in [0.717, 1.165) is 38.5 Å². The zero-order valence-electron chi connectivity index (χ0n) is 21.6. The average Bonchev–Trinajstić information content (AvgIpc) is 3.34. The molecule has 0 bridgehead atoms. The zero-order valence-corrected chi connectivity index (χ0v) is 21.6. The summed E-state index contributed by atoms with van der Waals surface area (Å²) in [5, 5.41) is 22.6. The molecule has 5 aliphatic rings. The van der Waals surface area contributed by atoms with Crippen LogP contribution in [0, 0.1) is 46.3 Å². The Morgan fingerprint density at radius 1 is 1.03 bits per heavy atom. The van der Waals surface area contributed by atoms with Gasteiger partial charge in [-0.1, -0.05) is 20.8 Å². The van der Waals surface area contributed by atoms with E-state index in [0.29, 0.717) is 41.1 Å². The van der Waals surface area contributed by atoms with Gasteiger partial charge >= 0.3 is 5.97 Å². The second-order valence-electron chi connectivity index (χ2n) is 12.9. The van der Waals surface area contributed by atoms with Gasteiger partial charge in [0.25, 0.3) is 11.8 Å². The second-order valence-corrected chi connectivity index (χ2v) is 12.9. The molecule has 7 nitrogen and oxygen atoms in total.